The largest absolute Gasteiger partial charge is 0.382 e. The van der Waals surface area contributed by atoms with Crippen LogP contribution in [-0.4, -0.2) is 39.4 Å². The lowest BCUT2D eigenvalue weighted by Gasteiger charge is -2.06. The van der Waals surface area contributed by atoms with E-state index in [0.29, 0.717) is 37.5 Å². The number of nitriles is 1. The van der Waals surface area contributed by atoms with Crippen molar-refractivity contribution in [3.63, 3.8) is 0 Å². The monoisotopic (exact) mass is 262 g/mol. The normalized spacial score (nSPS) is 9.89. The summed E-state index contributed by atoms with van der Waals surface area (Å²) in [6.45, 7) is 2.27. The van der Waals surface area contributed by atoms with E-state index in [2.05, 4.69) is 5.32 Å². The van der Waals surface area contributed by atoms with Crippen molar-refractivity contribution in [1.29, 1.82) is 5.26 Å². The molecule has 0 aliphatic carbocycles. The molecule has 1 amide bonds. The first-order valence-electron chi connectivity index (χ1n) is 6.13. The summed E-state index contributed by atoms with van der Waals surface area (Å²) in [6, 6.07) is 8.63. The second-order valence-corrected chi connectivity index (χ2v) is 3.91. The fraction of sp³-hybridized carbons (Fsp3) is 0.429. The number of carbonyl (C=O) groups is 1. The number of carbonyl (C=O) groups excluding carboxylic acids is 1. The van der Waals surface area contributed by atoms with E-state index in [9.17, 15) is 4.79 Å². The van der Waals surface area contributed by atoms with Crippen molar-refractivity contribution < 1.29 is 14.3 Å². The highest BCUT2D eigenvalue weighted by molar-refractivity contribution is 5.94. The molecular formula is C14H18N2O3. The van der Waals surface area contributed by atoms with Crippen molar-refractivity contribution in [3.8, 4) is 6.07 Å². The first kappa shape index (κ1) is 15.2. The van der Waals surface area contributed by atoms with Gasteiger partial charge in [0.15, 0.2) is 0 Å². The Labute approximate surface area is 113 Å². The van der Waals surface area contributed by atoms with Gasteiger partial charge in [0, 0.05) is 25.8 Å². The van der Waals surface area contributed by atoms with Crippen LogP contribution in [0.4, 0.5) is 0 Å². The van der Waals surface area contributed by atoms with Gasteiger partial charge in [0.05, 0.1) is 24.8 Å². The zero-order chi connectivity index (χ0) is 13.9. The zero-order valence-corrected chi connectivity index (χ0v) is 11.0. The molecule has 0 radical (unpaired) electrons. The fourth-order valence-corrected chi connectivity index (χ4v) is 1.45. The lowest BCUT2D eigenvalue weighted by Crippen LogP contribution is -2.25. The number of hydrogen-bond donors (Lipinski definition) is 1. The molecule has 0 aliphatic heterocycles. The highest BCUT2D eigenvalue weighted by atomic mass is 16.5. The molecular weight excluding hydrogens is 244 g/mol. The average Bonchev–Trinajstić information content (AvgIpc) is 2.46. The van der Waals surface area contributed by atoms with Crippen LogP contribution >= 0.6 is 0 Å². The number of amides is 1. The number of nitrogens with zero attached hydrogens (tertiary/aromatic N) is 1. The Hall–Kier alpha value is -1.90. The van der Waals surface area contributed by atoms with Crippen molar-refractivity contribution in [2.75, 3.05) is 33.5 Å². The number of methoxy groups -OCH3 is 1. The standard InChI is InChI=1S/C14H18N2O3/c1-18-8-9-19-7-3-6-16-14(17)13-5-2-4-12(10-13)11-15/h2,4-5,10H,3,6-9H2,1H3,(H,16,17). The first-order valence-corrected chi connectivity index (χ1v) is 6.13. The van der Waals surface area contributed by atoms with E-state index < -0.39 is 0 Å². The minimum Gasteiger partial charge on any atom is -0.382 e. The third kappa shape index (κ3) is 6.00. The molecule has 1 aromatic carbocycles. The van der Waals surface area contributed by atoms with E-state index in [1.807, 2.05) is 6.07 Å². The zero-order valence-electron chi connectivity index (χ0n) is 11.0. The molecule has 0 heterocycles. The number of nitrogens with one attached hydrogen (secondary N) is 1. The summed E-state index contributed by atoms with van der Waals surface area (Å²) in [5.74, 6) is -0.172. The molecule has 0 saturated carbocycles. The van der Waals surface area contributed by atoms with Crippen LogP contribution in [0.5, 0.6) is 0 Å². The van der Waals surface area contributed by atoms with Crippen LogP contribution in [0.3, 0.4) is 0 Å². The van der Waals surface area contributed by atoms with Crippen LogP contribution in [0.15, 0.2) is 24.3 Å². The molecule has 1 N–H and O–H groups in total. The van der Waals surface area contributed by atoms with Gasteiger partial charge in [-0.2, -0.15) is 5.26 Å². The molecule has 0 unspecified atom stereocenters. The third-order valence-corrected chi connectivity index (χ3v) is 2.44. The van der Waals surface area contributed by atoms with Gasteiger partial charge in [0.2, 0.25) is 0 Å². The highest BCUT2D eigenvalue weighted by Crippen LogP contribution is 2.03. The minimum atomic E-state index is -0.172. The molecule has 1 aromatic rings. The Kier molecular flexibility index (Phi) is 7.25. The molecule has 0 fully saturated rings. The van der Waals surface area contributed by atoms with Crippen LogP contribution < -0.4 is 5.32 Å². The van der Waals surface area contributed by atoms with Crippen molar-refractivity contribution in [2.45, 2.75) is 6.42 Å². The molecule has 1 rings (SSSR count). The summed E-state index contributed by atoms with van der Waals surface area (Å²) in [5.41, 5.74) is 0.981. The lowest BCUT2D eigenvalue weighted by molar-refractivity contribution is 0.0688. The summed E-state index contributed by atoms with van der Waals surface area (Å²) >= 11 is 0. The molecule has 0 bridgehead atoms. The molecule has 0 saturated heterocycles. The molecule has 0 aliphatic rings. The molecule has 0 atom stereocenters. The van der Waals surface area contributed by atoms with Crippen molar-refractivity contribution in [1.82, 2.24) is 5.32 Å². The Morgan fingerprint density at radius 1 is 1.37 bits per heavy atom. The first-order chi connectivity index (χ1) is 9.27. The maximum absolute atomic E-state index is 11.8. The number of ether oxygens (including phenoxy) is 2. The lowest BCUT2D eigenvalue weighted by atomic mass is 10.1. The second-order valence-electron chi connectivity index (χ2n) is 3.91. The molecule has 5 heteroatoms. The van der Waals surface area contributed by atoms with Gasteiger partial charge in [-0.15, -0.1) is 0 Å². The maximum Gasteiger partial charge on any atom is 0.251 e. The van der Waals surface area contributed by atoms with E-state index in [1.54, 1.807) is 31.4 Å². The summed E-state index contributed by atoms with van der Waals surface area (Å²) in [4.78, 5) is 11.8. The molecule has 102 valence electrons. The van der Waals surface area contributed by atoms with Crippen LogP contribution in [0.1, 0.15) is 22.3 Å². The van der Waals surface area contributed by atoms with Crippen LogP contribution in [-0.2, 0) is 9.47 Å². The fourth-order valence-electron chi connectivity index (χ4n) is 1.45. The van der Waals surface area contributed by atoms with Gasteiger partial charge in [0.25, 0.3) is 5.91 Å². The Morgan fingerprint density at radius 2 is 2.21 bits per heavy atom. The topological polar surface area (TPSA) is 71.3 Å². The Balaban J connectivity index is 2.22. The van der Waals surface area contributed by atoms with E-state index in [1.165, 1.54) is 0 Å². The number of rotatable bonds is 8. The summed E-state index contributed by atoms with van der Waals surface area (Å²) in [5, 5.41) is 11.5. The van der Waals surface area contributed by atoms with Gasteiger partial charge >= 0.3 is 0 Å². The SMILES string of the molecule is COCCOCCCNC(=O)c1cccc(C#N)c1. The Bertz CT molecular complexity index is 441. The smallest absolute Gasteiger partial charge is 0.251 e. The van der Waals surface area contributed by atoms with E-state index in [0.717, 1.165) is 6.42 Å². The predicted molar refractivity (Wildman–Crippen MR) is 70.8 cm³/mol. The van der Waals surface area contributed by atoms with E-state index in [4.69, 9.17) is 14.7 Å². The summed E-state index contributed by atoms with van der Waals surface area (Å²) in [7, 11) is 1.62. The maximum atomic E-state index is 11.8. The number of hydrogen-bond acceptors (Lipinski definition) is 4. The summed E-state index contributed by atoms with van der Waals surface area (Å²) < 4.78 is 10.1. The second kappa shape index (κ2) is 9.09. The molecule has 0 spiro atoms. The van der Waals surface area contributed by atoms with Crippen molar-refractivity contribution >= 4 is 5.91 Å². The third-order valence-electron chi connectivity index (χ3n) is 2.44. The van der Waals surface area contributed by atoms with Gasteiger partial charge in [-0.05, 0) is 24.6 Å². The Morgan fingerprint density at radius 3 is 2.95 bits per heavy atom. The van der Waals surface area contributed by atoms with Crippen molar-refractivity contribution in [2.24, 2.45) is 0 Å². The van der Waals surface area contributed by atoms with Crippen molar-refractivity contribution in [3.05, 3.63) is 35.4 Å². The average molecular weight is 262 g/mol. The van der Waals surface area contributed by atoms with Crippen LogP contribution in [0.2, 0.25) is 0 Å². The predicted octanol–water partition coefficient (Wildman–Crippen LogP) is 1.34. The summed E-state index contributed by atoms with van der Waals surface area (Å²) in [6.07, 6.45) is 0.743. The van der Waals surface area contributed by atoms with Gasteiger partial charge < -0.3 is 14.8 Å². The minimum absolute atomic E-state index is 0.172. The van der Waals surface area contributed by atoms with E-state index in [-0.39, 0.29) is 5.91 Å². The number of benzene rings is 1. The van der Waals surface area contributed by atoms with Gasteiger partial charge in [-0.1, -0.05) is 6.07 Å². The van der Waals surface area contributed by atoms with Gasteiger partial charge in [0.1, 0.15) is 0 Å². The van der Waals surface area contributed by atoms with Gasteiger partial charge in [-0.3, -0.25) is 4.79 Å². The van der Waals surface area contributed by atoms with Crippen LogP contribution in [0, 0.1) is 11.3 Å². The molecule has 5 nitrogen and oxygen atoms in total. The van der Waals surface area contributed by atoms with E-state index >= 15 is 0 Å². The molecule has 0 aromatic heterocycles. The highest BCUT2D eigenvalue weighted by Gasteiger charge is 2.04. The quantitative estimate of drug-likeness (QED) is 0.718. The molecule has 19 heavy (non-hydrogen) atoms. The van der Waals surface area contributed by atoms with Crippen LogP contribution in [0.25, 0.3) is 0 Å². The van der Waals surface area contributed by atoms with Gasteiger partial charge in [-0.25, -0.2) is 0 Å².